The third-order valence-electron chi connectivity index (χ3n) is 2.59. The molecule has 0 unspecified atom stereocenters. The zero-order valence-electron chi connectivity index (χ0n) is 9.78. The number of para-hydroxylation sites is 1. The SMILES string of the molecule is Cn1/c(=N/N=C/c2ccco2)sc2ccccc21. The highest BCUT2D eigenvalue weighted by Crippen LogP contribution is 2.14. The molecule has 1 aromatic carbocycles. The van der Waals surface area contributed by atoms with E-state index in [1.54, 1.807) is 23.8 Å². The molecular weight excluding hydrogens is 246 g/mol. The average Bonchev–Trinajstić information content (AvgIpc) is 3.00. The maximum atomic E-state index is 5.15. The molecule has 0 bridgehead atoms. The Labute approximate surface area is 108 Å². The van der Waals surface area contributed by atoms with Crippen molar-refractivity contribution < 1.29 is 4.42 Å². The quantitative estimate of drug-likeness (QED) is 0.514. The van der Waals surface area contributed by atoms with E-state index < -0.39 is 0 Å². The second-order valence-corrected chi connectivity index (χ2v) is 4.78. The molecule has 0 spiro atoms. The van der Waals surface area contributed by atoms with Crippen LogP contribution in [0.15, 0.2) is 57.3 Å². The van der Waals surface area contributed by atoms with Gasteiger partial charge in [0.25, 0.3) is 0 Å². The molecule has 4 nitrogen and oxygen atoms in total. The number of benzene rings is 1. The van der Waals surface area contributed by atoms with Crippen LogP contribution in [0.2, 0.25) is 0 Å². The lowest BCUT2D eigenvalue weighted by molar-refractivity contribution is 0.560. The van der Waals surface area contributed by atoms with E-state index in [1.807, 2.05) is 35.9 Å². The van der Waals surface area contributed by atoms with Crippen LogP contribution in [-0.4, -0.2) is 10.8 Å². The number of nitrogens with zero attached hydrogens (tertiary/aromatic N) is 3. The molecule has 0 aliphatic carbocycles. The minimum atomic E-state index is 0.697. The first-order valence-electron chi connectivity index (χ1n) is 5.50. The van der Waals surface area contributed by atoms with Crippen molar-refractivity contribution in [3.8, 4) is 0 Å². The molecule has 0 N–H and O–H groups in total. The van der Waals surface area contributed by atoms with Gasteiger partial charge in [0.05, 0.1) is 22.7 Å². The van der Waals surface area contributed by atoms with Crippen molar-refractivity contribution >= 4 is 27.8 Å². The molecule has 3 aromatic rings. The van der Waals surface area contributed by atoms with Crippen molar-refractivity contribution in [2.24, 2.45) is 17.3 Å². The van der Waals surface area contributed by atoms with Gasteiger partial charge in [-0.25, -0.2) is 0 Å². The lowest BCUT2D eigenvalue weighted by Gasteiger charge is -1.92. The number of thiazole rings is 1. The Morgan fingerprint density at radius 3 is 2.89 bits per heavy atom. The largest absolute Gasteiger partial charge is 0.463 e. The van der Waals surface area contributed by atoms with E-state index in [0.717, 1.165) is 10.3 Å². The Morgan fingerprint density at radius 2 is 2.11 bits per heavy atom. The van der Waals surface area contributed by atoms with Gasteiger partial charge in [0.2, 0.25) is 4.80 Å². The average molecular weight is 257 g/mol. The monoisotopic (exact) mass is 257 g/mol. The Kier molecular flexibility index (Phi) is 2.82. The van der Waals surface area contributed by atoms with Crippen molar-refractivity contribution in [3.63, 3.8) is 0 Å². The number of hydrogen-bond acceptors (Lipinski definition) is 4. The number of aryl methyl sites for hydroxylation is 1. The van der Waals surface area contributed by atoms with E-state index in [4.69, 9.17) is 4.42 Å². The molecule has 0 atom stereocenters. The lowest BCUT2D eigenvalue weighted by atomic mass is 10.3. The fourth-order valence-corrected chi connectivity index (χ4v) is 2.65. The first-order valence-corrected chi connectivity index (χ1v) is 6.31. The predicted molar refractivity (Wildman–Crippen MR) is 72.7 cm³/mol. The van der Waals surface area contributed by atoms with Crippen LogP contribution in [0, 0.1) is 0 Å². The summed E-state index contributed by atoms with van der Waals surface area (Å²) in [7, 11) is 1.99. The molecule has 2 aromatic heterocycles. The zero-order chi connectivity index (χ0) is 12.4. The van der Waals surface area contributed by atoms with Crippen LogP contribution in [0.5, 0.6) is 0 Å². The highest BCUT2D eigenvalue weighted by atomic mass is 32.1. The number of furan rings is 1. The van der Waals surface area contributed by atoms with E-state index in [2.05, 4.69) is 22.3 Å². The zero-order valence-corrected chi connectivity index (χ0v) is 10.6. The van der Waals surface area contributed by atoms with E-state index in [-0.39, 0.29) is 0 Å². The Hall–Kier alpha value is -2.14. The van der Waals surface area contributed by atoms with Crippen LogP contribution in [0.4, 0.5) is 0 Å². The third-order valence-corrected chi connectivity index (χ3v) is 3.69. The summed E-state index contributed by atoms with van der Waals surface area (Å²) >= 11 is 1.61. The molecule has 0 amide bonds. The minimum Gasteiger partial charge on any atom is -0.463 e. The van der Waals surface area contributed by atoms with Gasteiger partial charge in [-0.15, -0.1) is 5.10 Å². The van der Waals surface area contributed by atoms with Crippen molar-refractivity contribution in [1.82, 2.24) is 4.57 Å². The van der Waals surface area contributed by atoms with Crippen molar-refractivity contribution in [1.29, 1.82) is 0 Å². The Morgan fingerprint density at radius 1 is 1.22 bits per heavy atom. The highest BCUT2D eigenvalue weighted by molar-refractivity contribution is 7.16. The van der Waals surface area contributed by atoms with E-state index in [0.29, 0.717) is 5.76 Å². The fraction of sp³-hybridized carbons (Fsp3) is 0.0769. The molecule has 0 radical (unpaired) electrons. The van der Waals surface area contributed by atoms with Crippen molar-refractivity contribution in [3.05, 3.63) is 53.2 Å². The summed E-state index contributed by atoms with van der Waals surface area (Å²) in [5.74, 6) is 0.697. The maximum absolute atomic E-state index is 5.15. The van der Waals surface area contributed by atoms with Crippen LogP contribution >= 0.6 is 11.3 Å². The first-order chi connectivity index (χ1) is 8.84. The number of rotatable bonds is 2. The van der Waals surface area contributed by atoms with Gasteiger partial charge in [-0.1, -0.05) is 23.5 Å². The fourth-order valence-electron chi connectivity index (χ4n) is 1.68. The molecule has 18 heavy (non-hydrogen) atoms. The van der Waals surface area contributed by atoms with Crippen LogP contribution in [-0.2, 0) is 7.05 Å². The molecule has 0 saturated heterocycles. The third kappa shape index (κ3) is 2.00. The van der Waals surface area contributed by atoms with Gasteiger partial charge in [0, 0.05) is 7.05 Å². The summed E-state index contributed by atoms with van der Waals surface area (Å²) in [6.45, 7) is 0. The van der Waals surface area contributed by atoms with Gasteiger partial charge in [0.15, 0.2) is 0 Å². The highest BCUT2D eigenvalue weighted by Gasteiger charge is 2.00. The molecule has 90 valence electrons. The topological polar surface area (TPSA) is 42.8 Å². The van der Waals surface area contributed by atoms with Gasteiger partial charge in [-0.3, -0.25) is 0 Å². The number of aromatic nitrogens is 1. The van der Waals surface area contributed by atoms with Crippen LogP contribution < -0.4 is 4.80 Å². The molecular formula is C13H11N3OS. The predicted octanol–water partition coefficient (Wildman–Crippen LogP) is 2.77. The first kappa shape index (κ1) is 11.0. The van der Waals surface area contributed by atoms with E-state index in [9.17, 15) is 0 Å². The smallest absolute Gasteiger partial charge is 0.211 e. The Balaban J connectivity index is 2.01. The van der Waals surface area contributed by atoms with E-state index in [1.165, 1.54) is 4.70 Å². The molecule has 0 saturated carbocycles. The van der Waals surface area contributed by atoms with Crippen LogP contribution in [0.3, 0.4) is 0 Å². The van der Waals surface area contributed by atoms with Crippen molar-refractivity contribution in [2.75, 3.05) is 0 Å². The second kappa shape index (κ2) is 4.62. The molecule has 0 aliphatic rings. The van der Waals surface area contributed by atoms with Gasteiger partial charge in [-0.05, 0) is 24.3 Å². The summed E-state index contributed by atoms with van der Waals surface area (Å²) in [6, 6.07) is 11.8. The lowest BCUT2D eigenvalue weighted by Crippen LogP contribution is -2.08. The van der Waals surface area contributed by atoms with Crippen LogP contribution in [0.1, 0.15) is 5.76 Å². The maximum Gasteiger partial charge on any atom is 0.211 e. The van der Waals surface area contributed by atoms with E-state index >= 15 is 0 Å². The molecule has 3 rings (SSSR count). The normalized spacial score (nSPS) is 12.8. The van der Waals surface area contributed by atoms with Gasteiger partial charge >= 0.3 is 0 Å². The van der Waals surface area contributed by atoms with Crippen LogP contribution in [0.25, 0.3) is 10.2 Å². The van der Waals surface area contributed by atoms with Gasteiger partial charge in [-0.2, -0.15) is 5.10 Å². The molecule has 0 aliphatic heterocycles. The Bertz CT molecular complexity index is 750. The number of fused-ring (bicyclic) bond motifs is 1. The van der Waals surface area contributed by atoms with Gasteiger partial charge in [0.1, 0.15) is 5.76 Å². The summed E-state index contributed by atoms with van der Waals surface area (Å²) in [4.78, 5) is 0.860. The summed E-state index contributed by atoms with van der Waals surface area (Å²) in [5.41, 5.74) is 1.16. The summed E-state index contributed by atoms with van der Waals surface area (Å²) in [5, 5.41) is 8.24. The standard InChI is InChI=1S/C13H11N3OS/c1-16-11-6-2-3-7-12(11)18-13(16)15-14-9-10-5-4-8-17-10/h2-9H,1H3/b14-9+,15-13-. The molecule has 0 fully saturated rings. The second-order valence-electron chi connectivity index (χ2n) is 3.77. The molecule has 5 heteroatoms. The van der Waals surface area contributed by atoms with Crippen molar-refractivity contribution in [2.45, 2.75) is 0 Å². The summed E-state index contributed by atoms with van der Waals surface area (Å²) < 4.78 is 8.38. The number of hydrogen-bond donors (Lipinski definition) is 0. The minimum absolute atomic E-state index is 0.697. The van der Waals surface area contributed by atoms with Gasteiger partial charge < -0.3 is 8.98 Å². The molecule has 2 heterocycles. The summed E-state index contributed by atoms with van der Waals surface area (Å²) in [6.07, 6.45) is 3.21.